The van der Waals surface area contributed by atoms with Crippen LogP contribution in [0.15, 0.2) is 69.4 Å². The Morgan fingerprint density at radius 2 is 1.26 bits per heavy atom. The number of rotatable bonds is 31. The third kappa shape index (κ3) is 19.5. The van der Waals surface area contributed by atoms with Gasteiger partial charge >= 0.3 is 33.3 Å². The van der Waals surface area contributed by atoms with Gasteiger partial charge in [-0.15, -0.1) is 0 Å². The molecule has 1 saturated heterocycles. The summed E-state index contributed by atoms with van der Waals surface area (Å²) >= 11 is 0. The van der Waals surface area contributed by atoms with Crippen LogP contribution in [0.3, 0.4) is 0 Å². The number of nitrogens with one attached hydrogen (secondary N) is 1. The standard InChI is InChI=1S/C44H63N5O14P2/c1-4-6-8-10-12-14-16-18-41(50)60-36-24-20-34(21-25-36)30-58-65(56,59-31-35-22-26-37(27-23-35)61-42(51)19-17-15-13-11-9-7-5-2)63-64(54,55)57-32-39-38(47-48-45)28-40(62-39)49-29-33(3)43(52)46-44(49)53/h20-27,29,38-40H,4-19,28,30-32H2,1-3H3,(H,54,55)(H,46,52,53)/t38?,39-,40-/m1/s1. The zero-order chi connectivity index (χ0) is 47.1. The van der Waals surface area contributed by atoms with E-state index in [1.165, 1.54) is 75.9 Å². The van der Waals surface area contributed by atoms with E-state index in [9.17, 15) is 33.2 Å². The van der Waals surface area contributed by atoms with Crippen molar-refractivity contribution in [2.24, 2.45) is 5.11 Å². The molecule has 0 amide bonds. The summed E-state index contributed by atoms with van der Waals surface area (Å²) in [7, 11) is -10.3. The monoisotopic (exact) mass is 947 g/mol. The van der Waals surface area contributed by atoms with Crippen molar-refractivity contribution >= 4 is 27.6 Å². The number of aromatic amines is 1. The molecule has 0 saturated carbocycles. The van der Waals surface area contributed by atoms with Gasteiger partial charge in [-0.2, -0.15) is 4.31 Å². The Balaban J connectivity index is 1.38. The van der Waals surface area contributed by atoms with Gasteiger partial charge in [0.05, 0.1) is 32.0 Å². The molecule has 2 heterocycles. The van der Waals surface area contributed by atoms with Crippen molar-refractivity contribution in [1.29, 1.82) is 0 Å². The number of carbonyl (C=O) groups excluding carboxylic acids is 2. The molecule has 1 aliphatic heterocycles. The number of hydrogen-bond donors (Lipinski definition) is 2. The maximum absolute atomic E-state index is 14.1. The first kappa shape index (κ1) is 53.2. The van der Waals surface area contributed by atoms with E-state index in [1.807, 2.05) is 0 Å². The van der Waals surface area contributed by atoms with Crippen LogP contribution in [-0.4, -0.2) is 45.1 Å². The molecule has 0 spiro atoms. The molecule has 0 bridgehead atoms. The summed E-state index contributed by atoms with van der Waals surface area (Å²) in [6.07, 6.45) is 14.4. The fourth-order valence-electron chi connectivity index (χ4n) is 6.86. The summed E-state index contributed by atoms with van der Waals surface area (Å²) < 4.78 is 66.7. The molecule has 0 radical (unpaired) electrons. The third-order valence-electron chi connectivity index (χ3n) is 10.5. The topological polar surface area (TPSA) is 257 Å². The molecular weight excluding hydrogens is 884 g/mol. The first-order valence-corrected chi connectivity index (χ1v) is 25.4. The van der Waals surface area contributed by atoms with E-state index in [0.29, 0.717) is 11.1 Å². The van der Waals surface area contributed by atoms with Crippen LogP contribution in [0.25, 0.3) is 10.4 Å². The van der Waals surface area contributed by atoms with E-state index in [4.69, 9.17) is 37.6 Å². The summed E-state index contributed by atoms with van der Waals surface area (Å²) in [5, 5.41) is 3.67. The van der Waals surface area contributed by atoms with Crippen molar-refractivity contribution in [2.45, 2.75) is 162 Å². The lowest BCUT2D eigenvalue weighted by Crippen LogP contribution is -2.33. The van der Waals surface area contributed by atoms with Crippen LogP contribution < -0.4 is 20.7 Å². The van der Waals surface area contributed by atoms with Gasteiger partial charge in [-0.25, -0.2) is 13.9 Å². The molecule has 21 heteroatoms. The van der Waals surface area contributed by atoms with Crippen molar-refractivity contribution in [2.75, 3.05) is 6.61 Å². The van der Waals surface area contributed by atoms with Crippen molar-refractivity contribution in [1.82, 2.24) is 9.55 Å². The molecule has 0 aliphatic carbocycles. The van der Waals surface area contributed by atoms with E-state index in [0.717, 1.165) is 55.9 Å². The van der Waals surface area contributed by atoms with Gasteiger partial charge in [0.25, 0.3) is 5.56 Å². The van der Waals surface area contributed by atoms with Crippen molar-refractivity contribution in [3.8, 4) is 11.5 Å². The summed E-state index contributed by atoms with van der Waals surface area (Å²) in [6.45, 7) is 4.17. The highest BCUT2D eigenvalue weighted by Crippen LogP contribution is 2.64. The first-order valence-electron chi connectivity index (χ1n) is 22.4. The molecule has 2 aromatic carbocycles. The number of benzene rings is 2. The predicted octanol–water partition coefficient (Wildman–Crippen LogP) is 10.6. The number of phosphoric acid groups is 2. The maximum atomic E-state index is 14.1. The highest BCUT2D eigenvalue weighted by Gasteiger charge is 2.42. The van der Waals surface area contributed by atoms with Gasteiger partial charge in [0.15, 0.2) is 0 Å². The van der Waals surface area contributed by atoms with Crippen molar-refractivity contribution in [3.05, 3.63) is 103 Å². The molecular formula is C44H63N5O14P2. The number of phosphoric ester groups is 2. The van der Waals surface area contributed by atoms with Gasteiger partial charge < -0.3 is 19.1 Å². The summed E-state index contributed by atoms with van der Waals surface area (Å²) in [5.74, 6) is -0.166. The zero-order valence-electron chi connectivity index (χ0n) is 37.5. The van der Waals surface area contributed by atoms with Gasteiger partial charge in [-0.05, 0) is 60.7 Å². The number of carbonyl (C=O) groups is 2. The number of H-pyrrole nitrogens is 1. The largest absolute Gasteiger partial charge is 0.484 e. The lowest BCUT2D eigenvalue weighted by atomic mass is 10.1. The van der Waals surface area contributed by atoms with Crippen LogP contribution in [0.5, 0.6) is 11.5 Å². The van der Waals surface area contributed by atoms with E-state index in [2.05, 4.69) is 28.9 Å². The molecule has 2 unspecified atom stereocenters. The number of nitrogens with zero attached hydrogens (tertiary/aromatic N) is 4. The molecule has 1 aliphatic rings. The number of aromatic nitrogens is 2. The van der Waals surface area contributed by atoms with Crippen LogP contribution in [-0.2, 0) is 54.6 Å². The highest BCUT2D eigenvalue weighted by atomic mass is 31.3. The number of aryl methyl sites for hydroxylation is 1. The average molecular weight is 948 g/mol. The molecule has 1 aromatic heterocycles. The smallest absolute Gasteiger partial charge is 0.427 e. The van der Waals surface area contributed by atoms with Crippen LogP contribution >= 0.6 is 15.6 Å². The van der Waals surface area contributed by atoms with E-state index >= 15 is 0 Å². The van der Waals surface area contributed by atoms with E-state index < -0.39 is 65.1 Å². The molecule has 1 fully saturated rings. The SMILES string of the molecule is CCCCCCCCCC(=O)Oc1ccc(COP(=O)(OCc2ccc(OC(=O)CCCCCCCCC)cc2)OP(=O)(O)OC[C@H]2O[C@@H](n3cc(C)c(=O)[nH]c3=O)CC2N=[N+]=[N-])cc1. The highest BCUT2D eigenvalue weighted by molar-refractivity contribution is 7.61. The molecule has 19 nitrogen and oxygen atoms in total. The van der Waals surface area contributed by atoms with Crippen molar-refractivity contribution < 1.29 is 55.7 Å². The lowest BCUT2D eigenvalue weighted by molar-refractivity contribution is -0.135. The Morgan fingerprint density at radius 3 is 1.74 bits per heavy atom. The first-order chi connectivity index (χ1) is 31.2. The average Bonchev–Trinajstić information content (AvgIpc) is 3.68. The van der Waals surface area contributed by atoms with Crippen LogP contribution in [0, 0.1) is 6.92 Å². The molecule has 4 rings (SSSR count). The summed E-state index contributed by atoms with van der Waals surface area (Å²) in [4.78, 5) is 65.0. The number of azide groups is 1. The van der Waals surface area contributed by atoms with Gasteiger partial charge in [0, 0.05) is 35.9 Å². The van der Waals surface area contributed by atoms with Crippen LogP contribution in [0.4, 0.5) is 0 Å². The maximum Gasteiger partial charge on any atom is 0.484 e. The normalized spacial score (nSPS) is 17.0. The minimum absolute atomic E-state index is 0.0564. The number of ether oxygens (including phenoxy) is 3. The fourth-order valence-corrected chi connectivity index (χ4v) is 9.46. The Morgan fingerprint density at radius 1 is 0.785 bits per heavy atom. The zero-order valence-corrected chi connectivity index (χ0v) is 39.3. The fraction of sp³-hybridized carbons (Fsp3) is 0.591. The predicted molar refractivity (Wildman–Crippen MR) is 241 cm³/mol. The Bertz CT molecular complexity index is 2130. The number of hydrogen-bond acceptors (Lipinski definition) is 14. The molecule has 2 N–H and O–H groups in total. The molecule has 3 aromatic rings. The van der Waals surface area contributed by atoms with Gasteiger partial charge in [0.2, 0.25) is 0 Å². The second-order valence-corrected chi connectivity index (χ2v) is 19.2. The number of unbranched alkanes of at least 4 members (excludes halogenated alkanes) is 12. The second kappa shape index (κ2) is 27.9. The quantitative estimate of drug-likeness (QED) is 0.0116. The van der Waals surface area contributed by atoms with E-state index in [-0.39, 0.29) is 48.3 Å². The van der Waals surface area contributed by atoms with Crippen LogP contribution in [0.1, 0.15) is 146 Å². The van der Waals surface area contributed by atoms with Crippen LogP contribution in [0.2, 0.25) is 0 Å². The van der Waals surface area contributed by atoms with E-state index in [1.54, 1.807) is 24.3 Å². The minimum atomic E-state index is -5.32. The molecule has 4 atom stereocenters. The number of esters is 2. The second-order valence-electron chi connectivity index (χ2n) is 15.9. The van der Waals surface area contributed by atoms with Gasteiger partial charge in [0.1, 0.15) is 17.7 Å². The Hall–Kier alpha value is -4.41. The minimum Gasteiger partial charge on any atom is -0.427 e. The van der Waals surface area contributed by atoms with Gasteiger partial charge in [-0.1, -0.05) is 120 Å². The molecule has 358 valence electrons. The Kier molecular flexibility index (Phi) is 22.9. The lowest BCUT2D eigenvalue weighted by Gasteiger charge is -2.22. The summed E-state index contributed by atoms with van der Waals surface area (Å²) in [6, 6.07) is 11.3. The Labute approximate surface area is 379 Å². The summed E-state index contributed by atoms with van der Waals surface area (Å²) in [5.41, 5.74) is 8.82. The molecule has 65 heavy (non-hydrogen) atoms. The third-order valence-corrected chi connectivity index (χ3v) is 13.5. The van der Waals surface area contributed by atoms with Gasteiger partial charge in [-0.3, -0.25) is 37.5 Å². The van der Waals surface area contributed by atoms with Crippen molar-refractivity contribution in [3.63, 3.8) is 0 Å².